The maximum absolute atomic E-state index is 12.1. The number of anilines is 3. The van der Waals surface area contributed by atoms with Crippen LogP contribution in [0.5, 0.6) is 0 Å². The Balaban J connectivity index is 0.000000221. The Kier molecular flexibility index (Phi) is 18.6. The molecule has 13 heteroatoms. The second kappa shape index (κ2) is 23.8. The molecule has 0 spiro atoms. The molecule has 0 bridgehead atoms. The number of hydrogen-bond acceptors (Lipinski definition) is 9. The first-order valence-corrected chi connectivity index (χ1v) is 24.1. The number of carbonyl (C=O) groups is 2. The van der Waals surface area contributed by atoms with Crippen molar-refractivity contribution in [1.82, 2.24) is 14.0 Å². The summed E-state index contributed by atoms with van der Waals surface area (Å²) >= 11 is 8.01. The van der Waals surface area contributed by atoms with Crippen LogP contribution in [0.4, 0.5) is 17.2 Å². The summed E-state index contributed by atoms with van der Waals surface area (Å²) in [5.41, 5.74) is 9.10. The third-order valence-electron chi connectivity index (χ3n) is 11.1. The van der Waals surface area contributed by atoms with Gasteiger partial charge in [-0.15, -0.1) is 0 Å². The van der Waals surface area contributed by atoms with Crippen molar-refractivity contribution in [3.8, 4) is 0 Å². The number of nitrogens with one attached hydrogen (secondary N) is 2. The fourth-order valence-electron chi connectivity index (χ4n) is 7.62. The smallest absolute Gasteiger partial charge is 0.264 e. The van der Waals surface area contributed by atoms with E-state index in [4.69, 9.17) is 17.3 Å². The fraction of sp³-hybridized carbons (Fsp3) is 0.533. The van der Waals surface area contributed by atoms with Crippen LogP contribution in [-0.4, -0.2) is 62.2 Å². The molecule has 4 aromatic rings. The van der Waals surface area contributed by atoms with Crippen molar-refractivity contribution in [2.45, 2.75) is 127 Å². The summed E-state index contributed by atoms with van der Waals surface area (Å²) < 4.78 is 32.4. The Morgan fingerprint density at radius 1 is 0.845 bits per heavy atom. The van der Waals surface area contributed by atoms with Gasteiger partial charge in [0.25, 0.3) is 10.0 Å². The van der Waals surface area contributed by atoms with Crippen LogP contribution in [0.25, 0.3) is 10.1 Å². The lowest BCUT2D eigenvalue weighted by Gasteiger charge is -2.35. The van der Waals surface area contributed by atoms with Crippen LogP contribution < -0.4 is 20.7 Å². The second-order valence-electron chi connectivity index (χ2n) is 15.7. The number of benzene rings is 3. The van der Waals surface area contributed by atoms with Crippen molar-refractivity contribution in [3.63, 3.8) is 0 Å². The van der Waals surface area contributed by atoms with Crippen molar-refractivity contribution >= 4 is 72.2 Å². The predicted octanol–water partition coefficient (Wildman–Crippen LogP) is 10.1. The Morgan fingerprint density at radius 3 is 2.09 bits per heavy atom. The largest absolute Gasteiger partial charge is 0.399 e. The van der Waals surface area contributed by atoms with Crippen LogP contribution in [0.1, 0.15) is 121 Å². The van der Waals surface area contributed by atoms with Gasteiger partial charge >= 0.3 is 0 Å². The van der Waals surface area contributed by atoms with E-state index in [2.05, 4.69) is 61.5 Å². The maximum Gasteiger partial charge on any atom is 0.264 e. The minimum absolute atomic E-state index is 0.0499. The third-order valence-corrected chi connectivity index (χ3v) is 13.6. The van der Waals surface area contributed by atoms with Crippen LogP contribution >= 0.6 is 23.1 Å². The zero-order valence-corrected chi connectivity index (χ0v) is 36.7. The molecule has 6 rings (SSSR count). The molecule has 1 aromatic heterocycles. The molecule has 3 heterocycles. The lowest BCUT2D eigenvalue weighted by molar-refractivity contribution is -0.119. The number of aromatic nitrogens is 1. The minimum atomic E-state index is -3.80. The number of nitrogens with zero attached hydrogens (tertiary/aromatic N) is 3. The molecule has 316 valence electrons. The number of fused-ring (bicyclic) bond motifs is 2. The number of rotatable bonds is 22. The average Bonchev–Trinajstić information content (AvgIpc) is 3.81. The number of unbranched alkanes of at least 4 members (excludes halogenated alkanes) is 14. The van der Waals surface area contributed by atoms with Gasteiger partial charge in [0.1, 0.15) is 5.82 Å². The fourth-order valence-corrected chi connectivity index (χ4v) is 9.68. The first-order chi connectivity index (χ1) is 28.1. The molecule has 0 saturated carbocycles. The van der Waals surface area contributed by atoms with Gasteiger partial charge in [-0.2, -0.15) is 4.37 Å². The molecule has 0 unspecified atom stereocenters. The molecule has 3 aromatic carbocycles. The summed E-state index contributed by atoms with van der Waals surface area (Å²) in [5.74, 6) is 0.731. The van der Waals surface area contributed by atoms with Crippen molar-refractivity contribution < 1.29 is 18.0 Å². The van der Waals surface area contributed by atoms with E-state index in [0.29, 0.717) is 12.1 Å². The summed E-state index contributed by atoms with van der Waals surface area (Å²) in [6, 6.07) is 18.2. The molecule has 0 aliphatic carbocycles. The van der Waals surface area contributed by atoms with Gasteiger partial charge in [0, 0.05) is 60.9 Å². The Bertz CT molecular complexity index is 2000. The summed E-state index contributed by atoms with van der Waals surface area (Å²) in [6.45, 7) is 7.26. The number of piperazine rings is 1. The van der Waals surface area contributed by atoms with Gasteiger partial charge in [-0.25, -0.2) is 13.1 Å². The van der Waals surface area contributed by atoms with Crippen molar-refractivity contribution in [2.24, 2.45) is 0 Å². The SMILES string of the molecule is CCCCCCCCCCCCCCCCCC(=O)NS(=O)(=O)c1ccc(N)cc1.O=C1Cc2cc(CCN3CCN(c4nsc5ccccc45)CC3)c(Cl)cc2N1. The number of hydrogen-bond donors (Lipinski definition) is 3. The van der Waals surface area contributed by atoms with E-state index >= 15 is 0 Å². The highest BCUT2D eigenvalue weighted by Crippen LogP contribution is 2.32. The molecule has 4 N–H and O–H groups in total. The van der Waals surface area contributed by atoms with Gasteiger partial charge in [-0.05, 0) is 78.0 Å². The molecule has 2 aliphatic heterocycles. The van der Waals surface area contributed by atoms with E-state index in [1.54, 1.807) is 11.5 Å². The van der Waals surface area contributed by atoms with Gasteiger partial charge in [0.05, 0.1) is 16.0 Å². The Hall–Kier alpha value is -3.71. The number of carbonyl (C=O) groups excluding carboxylic acids is 2. The second-order valence-corrected chi connectivity index (χ2v) is 18.6. The quantitative estimate of drug-likeness (QED) is 0.0525. The molecule has 1 saturated heterocycles. The van der Waals surface area contributed by atoms with Crippen molar-refractivity contribution in [1.29, 1.82) is 0 Å². The normalized spacial score (nSPS) is 14.2. The van der Waals surface area contributed by atoms with E-state index in [1.165, 1.54) is 111 Å². The highest BCUT2D eigenvalue weighted by atomic mass is 35.5. The zero-order valence-electron chi connectivity index (χ0n) is 34.3. The van der Waals surface area contributed by atoms with Gasteiger partial charge in [-0.3, -0.25) is 14.5 Å². The molecule has 0 atom stereocenters. The molecule has 10 nitrogen and oxygen atoms in total. The van der Waals surface area contributed by atoms with E-state index in [1.807, 2.05) is 6.07 Å². The molecule has 2 aliphatic rings. The lowest BCUT2D eigenvalue weighted by Crippen LogP contribution is -2.47. The molecular formula is C45H63ClN6O4S2. The van der Waals surface area contributed by atoms with E-state index in [9.17, 15) is 18.0 Å². The summed E-state index contributed by atoms with van der Waals surface area (Å²) in [4.78, 5) is 28.4. The van der Waals surface area contributed by atoms with Crippen LogP contribution in [0.3, 0.4) is 0 Å². The summed E-state index contributed by atoms with van der Waals surface area (Å²) in [6.07, 6.45) is 20.5. The molecule has 58 heavy (non-hydrogen) atoms. The predicted molar refractivity (Wildman–Crippen MR) is 241 cm³/mol. The van der Waals surface area contributed by atoms with Gasteiger partial charge in [0.15, 0.2) is 0 Å². The maximum atomic E-state index is 12.1. The van der Waals surface area contributed by atoms with Crippen molar-refractivity contribution in [2.75, 3.05) is 48.7 Å². The molecule has 1 fully saturated rings. The highest BCUT2D eigenvalue weighted by molar-refractivity contribution is 7.90. The van der Waals surface area contributed by atoms with Crippen LogP contribution in [0, 0.1) is 0 Å². The lowest BCUT2D eigenvalue weighted by atomic mass is 10.0. The monoisotopic (exact) mass is 850 g/mol. The van der Waals surface area contributed by atoms with E-state index in [0.717, 1.165) is 86.1 Å². The number of amides is 2. The minimum Gasteiger partial charge on any atom is -0.399 e. The zero-order chi connectivity index (χ0) is 41.2. The van der Waals surface area contributed by atoms with Gasteiger partial charge in [-0.1, -0.05) is 127 Å². The third kappa shape index (κ3) is 14.5. The topological polar surface area (TPSA) is 138 Å². The van der Waals surface area contributed by atoms with Crippen LogP contribution in [-0.2, 0) is 32.5 Å². The van der Waals surface area contributed by atoms with E-state index < -0.39 is 15.9 Å². The number of halogens is 1. The van der Waals surface area contributed by atoms with Crippen LogP contribution in [0.15, 0.2) is 65.6 Å². The summed E-state index contributed by atoms with van der Waals surface area (Å²) in [5, 5.41) is 4.86. The highest BCUT2D eigenvalue weighted by Gasteiger charge is 2.23. The number of nitrogen functional groups attached to an aromatic ring is 1. The first-order valence-electron chi connectivity index (χ1n) is 21.5. The standard InChI is InChI=1S/C24H42N2O3S.C21H21ClN4OS/c1-2-3-4-5-6-7-8-9-10-11-12-13-14-15-16-17-24(27)26-30(28,29)23-20-18-22(25)19-21-23;22-17-13-18-15(12-20(27)23-18)11-14(17)5-6-25-7-9-26(10-8-25)21-16-3-1-2-4-19(16)28-24-21/h18-21H,2-17,25H2,1H3,(H,26,27);1-4,11,13H,5-10,12H2,(H,23,27). The van der Waals surface area contributed by atoms with Crippen molar-refractivity contribution in [3.05, 3.63) is 76.8 Å². The summed E-state index contributed by atoms with van der Waals surface area (Å²) in [7, 11) is -3.80. The number of nitrogens with two attached hydrogens (primary N) is 1. The molecule has 2 amide bonds. The van der Waals surface area contributed by atoms with Crippen LogP contribution in [0.2, 0.25) is 5.02 Å². The molecular weight excluding hydrogens is 788 g/mol. The van der Waals surface area contributed by atoms with Gasteiger partial charge in [0.2, 0.25) is 11.8 Å². The van der Waals surface area contributed by atoms with Gasteiger partial charge < -0.3 is 16.0 Å². The first kappa shape index (κ1) is 45.4. The average molecular weight is 852 g/mol. The Morgan fingerprint density at radius 2 is 1.45 bits per heavy atom. The Labute approximate surface area is 355 Å². The van der Waals surface area contributed by atoms with E-state index in [-0.39, 0.29) is 17.2 Å². The molecule has 0 radical (unpaired) electrons. The number of sulfonamides is 1.